The maximum absolute atomic E-state index is 12.3. The number of thiazole rings is 1. The van der Waals surface area contributed by atoms with E-state index in [0.717, 1.165) is 10.7 Å². The van der Waals surface area contributed by atoms with Crippen molar-refractivity contribution >= 4 is 17.3 Å². The first-order valence-corrected chi connectivity index (χ1v) is 9.29. The number of hydrogen-bond donors (Lipinski definition) is 1. The highest BCUT2D eigenvalue weighted by molar-refractivity contribution is 7.09. The fourth-order valence-electron chi connectivity index (χ4n) is 2.53. The molecule has 1 atom stereocenters. The molecule has 0 aliphatic heterocycles. The van der Waals surface area contributed by atoms with Gasteiger partial charge in [0.15, 0.2) is 5.82 Å². The van der Waals surface area contributed by atoms with Gasteiger partial charge < -0.3 is 10.1 Å². The summed E-state index contributed by atoms with van der Waals surface area (Å²) < 4.78 is 6.83. The van der Waals surface area contributed by atoms with Crippen molar-refractivity contribution in [1.82, 2.24) is 25.1 Å². The van der Waals surface area contributed by atoms with Crippen LogP contribution in [0.1, 0.15) is 46.6 Å². The average molecular weight is 371 g/mol. The predicted molar refractivity (Wildman–Crippen MR) is 99.4 cm³/mol. The summed E-state index contributed by atoms with van der Waals surface area (Å²) in [7, 11) is 0. The third-order valence-electron chi connectivity index (χ3n) is 3.89. The van der Waals surface area contributed by atoms with Gasteiger partial charge in [-0.25, -0.2) is 19.4 Å². The lowest BCUT2D eigenvalue weighted by Gasteiger charge is -2.14. The maximum atomic E-state index is 12.3. The number of nitrogens with zero attached hydrogens (tertiary/aromatic N) is 4. The van der Waals surface area contributed by atoms with Crippen LogP contribution >= 0.6 is 11.3 Å². The number of ether oxygens (including phenoxy) is 1. The minimum absolute atomic E-state index is 0.0436. The summed E-state index contributed by atoms with van der Waals surface area (Å²) in [5.74, 6) is 0.264. The zero-order valence-electron chi connectivity index (χ0n) is 15.0. The zero-order valence-corrected chi connectivity index (χ0v) is 15.8. The molecule has 0 spiro atoms. The predicted octanol–water partition coefficient (Wildman–Crippen LogP) is 3.06. The maximum Gasteiger partial charge on any atom is 0.341 e. The Morgan fingerprint density at radius 2 is 2.27 bits per heavy atom. The molecule has 136 valence electrons. The van der Waals surface area contributed by atoms with Gasteiger partial charge in [0, 0.05) is 24.2 Å². The standard InChI is InChI=1S/C18H21N5O2S/c1-4-25-18(24)14-9-21-23(17-7-5-6-8-19-17)16(14)10-20-12(2)15-11-26-13(3)22-15/h5-9,11-12,20H,4,10H2,1-3H3. The number of pyridine rings is 1. The van der Waals surface area contributed by atoms with E-state index in [0.29, 0.717) is 30.2 Å². The highest BCUT2D eigenvalue weighted by Crippen LogP contribution is 2.19. The highest BCUT2D eigenvalue weighted by atomic mass is 32.1. The highest BCUT2D eigenvalue weighted by Gasteiger charge is 2.21. The van der Waals surface area contributed by atoms with Crippen molar-refractivity contribution in [3.8, 4) is 5.82 Å². The molecule has 8 heteroatoms. The van der Waals surface area contributed by atoms with Crippen molar-refractivity contribution in [2.45, 2.75) is 33.4 Å². The van der Waals surface area contributed by atoms with Gasteiger partial charge in [-0.2, -0.15) is 5.10 Å². The Morgan fingerprint density at radius 1 is 1.42 bits per heavy atom. The first-order valence-electron chi connectivity index (χ1n) is 8.41. The van der Waals surface area contributed by atoms with Gasteiger partial charge in [-0.1, -0.05) is 6.07 Å². The van der Waals surface area contributed by atoms with E-state index in [-0.39, 0.29) is 12.0 Å². The number of aromatic nitrogens is 4. The van der Waals surface area contributed by atoms with E-state index < -0.39 is 0 Å². The monoisotopic (exact) mass is 371 g/mol. The molecule has 0 bridgehead atoms. The van der Waals surface area contributed by atoms with Crippen LogP contribution in [-0.2, 0) is 11.3 Å². The molecule has 26 heavy (non-hydrogen) atoms. The Morgan fingerprint density at radius 3 is 2.92 bits per heavy atom. The average Bonchev–Trinajstić information content (AvgIpc) is 3.27. The van der Waals surface area contributed by atoms with Crippen LogP contribution in [0.4, 0.5) is 0 Å². The van der Waals surface area contributed by atoms with E-state index in [2.05, 4.69) is 20.4 Å². The fourth-order valence-corrected chi connectivity index (χ4v) is 3.24. The molecule has 3 rings (SSSR count). The number of nitrogens with one attached hydrogen (secondary N) is 1. The van der Waals surface area contributed by atoms with Crippen LogP contribution in [0.2, 0.25) is 0 Å². The summed E-state index contributed by atoms with van der Waals surface area (Å²) in [5, 5.41) is 10.8. The molecule has 0 aliphatic carbocycles. The molecule has 0 saturated carbocycles. The van der Waals surface area contributed by atoms with Gasteiger partial charge in [-0.05, 0) is 32.9 Å². The number of carbonyl (C=O) groups is 1. The van der Waals surface area contributed by atoms with Gasteiger partial charge in [0.25, 0.3) is 0 Å². The Bertz CT molecular complexity index is 875. The lowest BCUT2D eigenvalue weighted by molar-refractivity contribution is 0.0524. The second kappa shape index (κ2) is 8.20. The topological polar surface area (TPSA) is 81.9 Å². The van der Waals surface area contributed by atoms with Crippen LogP contribution in [0.15, 0.2) is 36.0 Å². The van der Waals surface area contributed by atoms with Crippen molar-refractivity contribution in [3.63, 3.8) is 0 Å². The number of esters is 1. The summed E-state index contributed by atoms with van der Waals surface area (Å²) in [5.41, 5.74) is 2.13. The minimum atomic E-state index is -0.386. The van der Waals surface area contributed by atoms with Gasteiger partial charge in [-0.15, -0.1) is 11.3 Å². The van der Waals surface area contributed by atoms with Crippen LogP contribution in [-0.4, -0.2) is 32.3 Å². The molecule has 0 aliphatic rings. The molecule has 0 saturated heterocycles. The summed E-state index contributed by atoms with van der Waals surface area (Å²) in [6, 6.07) is 5.61. The summed E-state index contributed by atoms with van der Waals surface area (Å²) >= 11 is 1.62. The molecule has 3 heterocycles. The molecular weight excluding hydrogens is 350 g/mol. The van der Waals surface area contributed by atoms with E-state index in [1.165, 1.54) is 6.20 Å². The van der Waals surface area contributed by atoms with Crippen LogP contribution in [0, 0.1) is 6.92 Å². The third kappa shape index (κ3) is 3.97. The quantitative estimate of drug-likeness (QED) is 0.643. The van der Waals surface area contributed by atoms with Gasteiger partial charge in [0.2, 0.25) is 0 Å². The van der Waals surface area contributed by atoms with Crippen molar-refractivity contribution in [3.05, 3.63) is 57.9 Å². The molecule has 0 aromatic carbocycles. The molecule has 3 aromatic rings. The van der Waals surface area contributed by atoms with Crippen LogP contribution in [0.5, 0.6) is 0 Å². The third-order valence-corrected chi connectivity index (χ3v) is 4.68. The smallest absolute Gasteiger partial charge is 0.341 e. The number of hydrogen-bond acceptors (Lipinski definition) is 7. The second-order valence-corrected chi connectivity index (χ2v) is 6.78. The largest absolute Gasteiger partial charge is 0.462 e. The van der Waals surface area contributed by atoms with Crippen molar-refractivity contribution in [2.24, 2.45) is 0 Å². The van der Waals surface area contributed by atoms with Crippen molar-refractivity contribution in [1.29, 1.82) is 0 Å². The van der Waals surface area contributed by atoms with Crippen LogP contribution in [0.3, 0.4) is 0 Å². The number of rotatable bonds is 7. The Labute approximate surface area is 156 Å². The lowest BCUT2D eigenvalue weighted by Crippen LogP contribution is -2.22. The first-order chi connectivity index (χ1) is 12.6. The fraction of sp³-hybridized carbons (Fsp3) is 0.333. The molecule has 0 fully saturated rings. The molecule has 0 radical (unpaired) electrons. The summed E-state index contributed by atoms with van der Waals surface area (Å²) in [6.45, 7) is 6.55. The SMILES string of the molecule is CCOC(=O)c1cnn(-c2ccccn2)c1CNC(C)c1csc(C)n1. The molecule has 1 unspecified atom stereocenters. The summed E-state index contributed by atoms with van der Waals surface area (Å²) in [4.78, 5) is 21.1. The molecule has 0 amide bonds. The second-order valence-electron chi connectivity index (χ2n) is 5.72. The van der Waals surface area contributed by atoms with E-state index in [4.69, 9.17) is 4.74 Å². The van der Waals surface area contributed by atoms with E-state index in [1.54, 1.807) is 29.1 Å². The van der Waals surface area contributed by atoms with Crippen LogP contribution in [0.25, 0.3) is 5.82 Å². The number of aryl methyl sites for hydroxylation is 1. The zero-order chi connectivity index (χ0) is 18.5. The molecular formula is C18H21N5O2S. The van der Waals surface area contributed by atoms with Crippen molar-refractivity contribution < 1.29 is 9.53 Å². The Hall–Kier alpha value is -2.58. The normalized spacial score (nSPS) is 12.1. The molecule has 1 N–H and O–H groups in total. The minimum Gasteiger partial charge on any atom is -0.462 e. The molecule has 7 nitrogen and oxygen atoms in total. The van der Waals surface area contributed by atoms with Crippen molar-refractivity contribution in [2.75, 3.05) is 6.61 Å². The summed E-state index contributed by atoms with van der Waals surface area (Å²) in [6.07, 6.45) is 3.22. The van der Waals surface area contributed by atoms with E-state index >= 15 is 0 Å². The number of carbonyl (C=O) groups excluding carboxylic acids is 1. The first kappa shape index (κ1) is 18.2. The van der Waals surface area contributed by atoms with Gasteiger partial charge >= 0.3 is 5.97 Å². The van der Waals surface area contributed by atoms with Gasteiger partial charge in [-0.3, -0.25) is 0 Å². The molecule has 3 aromatic heterocycles. The Kier molecular flexibility index (Phi) is 5.75. The van der Waals surface area contributed by atoms with E-state index in [1.807, 2.05) is 37.4 Å². The van der Waals surface area contributed by atoms with Crippen LogP contribution < -0.4 is 5.32 Å². The van der Waals surface area contributed by atoms with Gasteiger partial charge in [0.05, 0.1) is 29.2 Å². The van der Waals surface area contributed by atoms with E-state index in [9.17, 15) is 4.79 Å². The Balaban J connectivity index is 1.87. The lowest BCUT2D eigenvalue weighted by atomic mass is 10.2. The van der Waals surface area contributed by atoms with Gasteiger partial charge in [0.1, 0.15) is 5.56 Å².